The molecule has 5 atom stereocenters. The number of rotatable bonds is 0. The summed E-state index contributed by atoms with van der Waals surface area (Å²) < 4.78 is 0. The van der Waals surface area contributed by atoms with E-state index in [9.17, 15) is 0 Å². The Morgan fingerprint density at radius 3 is 2.61 bits per heavy atom. The Morgan fingerprint density at radius 1 is 1.13 bits per heavy atom. The lowest BCUT2D eigenvalue weighted by atomic mass is 9.54. The van der Waals surface area contributed by atoms with E-state index in [1.54, 1.807) is 11.1 Å². The van der Waals surface area contributed by atoms with Gasteiger partial charge in [-0.3, -0.25) is 0 Å². The molecule has 1 aromatic rings. The fourth-order valence-electron chi connectivity index (χ4n) is 5.97. The van der Waals surface area contributed by atoms with E-state index >= 15 is 0 Å². The Labute approximate surface area is 142 Å². The van der Waals surface area contributed by atoms with Crippen molar-refractivity contribution in [3.63, 3.8) is 0 Å². The molecule has 0 heterocycles. The number of aryl methyl sites for hydroxylation is 2. The van der Waals surface area contributed by atoms with Crippen LogP contribution in [0.2, 0.25) is 0 Å². The minimum Gasteiger partial charge on any atom is -0.307 e. The van der Waals surface area contributed by atoms with E-state index in [0.717, 1.165) is 23.7 Å². The smallest absolute Gasteiger partial charge is 0.106 e. The Bertz CT molecular complexity index is 549. The largest absolute Gasteiger partial charge is 0.307 e. The summed E-state index contributed by atoms with van der Waals surface area (Å²) in [6.45, 7) is 9.36. The molecule has 1 heteroatoms. The van der Waals surface area contributed by atoms with Crippen molar-refractivity contribution < 1.29 is 4.79 Å². The molecule has 128 valence electrons. The van der Waals surface area contributed by atoms with Crippen molar-refractivity contribution in [3.05, 3.63) is 34.9 Å². The molecule has 0 bridgehead atoms. The Morgan fingerprint density at radius 2 is 1.87 bits per heavy atom. The summed E-state index contributed by atoms with van der Waals surface area (Å²) in [4.78, 5) is 8.00. The zero-order valence-electron chi connectivity index (χ0n) is 14.4. The molecule has 1 nitrogen and oxygen atoms in total. The van der Waals surface area contributed by atoms with Crippen molar-refractivity contribution >= 4 is 6.79 Å². The minimum absolute atomic E-state index is 0. The molecule has 0 N–H and O–H groups in total. The molecule has 0 amide bonds. The zero-order chi connectivity index (χ0) is 15.9. The first-order chi connectivity index (χ1) is 10.6. The molecular weight excluding hydrogens is 280 g/mol. The maximum Gasteiger partial charge on any atom is 0.106 e. The Balaban J connectivity index is 0.000000617. The van der Waals surface area contributed by atoms with Crippen molar-refractivity contribution in [3.8, 4) is 0 Å². The van der Waals surface area contributed by atoms with E-state index in [2.05, 4.69) is 39.0 Å². The first-order valence-corrected chi connectivity index (χ1v) is 8.98. The number of carbonyl (C=O) groups is 1. The van der Waals surface area contributed by atoms with Gasteiger partial charge in [0.15, 0.2) is 0 Å². The lowest BCUT2D eigenvalue weighted by Gasteiger charge is -2.50. The van der Waals surface area contributed by atoms with Gasteiger partial charge in [-0.2, -0.15) is 0 Å². The van der Waals surface area contributed by atoms with E-state index in [4.69, 9.17) is 4.79 Å². The highest BCUT2D eigenvalue weighted by atomic mass is 16.1. The van der Waals surface area contributed by atoms with Gasteiger partial charge in [-0.05, 0) is 85.7 Å². The van der Waals surface area contributed by atoms with E-state index in [-0.39, 0.29) is 7.43 Å². The van der Waals surface area contributed by atoms with Crippen LogP contribution in [0.15, 0.2) is 18.2 Å². The maximum atomic E-state index is 8.00. The van der Waals surface area contributed by atoms with Crippen LogP contribution < -0.4 is 0 Å². The van der Waals surface area contributed by atoms with Gasteiger partial charge in [-0.15, -0.1) is 0 Å². The maximum absolute atomic E-state index is 8.00. The lowest BCUT2D eigenvalue weighted by Crippen LogP contribution is -2.41. The third-order valence-electron chi connectivity index (χ3n) is 7.36. The van der Waals surface area contributed by atoms with Gasteiger partial charge in [0.25, 0.3) is 0 Å². The van der Waals surface area contributed by atoms with Crippen LogP contribution in [-0.2, 0) is 11.2 Å². The van der Waals surface area contributed by atoms with E-state index in [0.29, 0.717) is 5.41 Å². The number of hydrogen-bond donors (Lipinski definition) is 0. The molecular formula is C22H34O. The molecule has 3 aliphatic rings. The molecule has 0 aromatic heterocycles. The van der Waals surface area contributed by atoms with Crippen LogP contribution in [0.1, 0.15) is 76.0 Å². The number of benzene rings is 1. The van der Waals surface area contributed by atoms with Gasteiger partial charge in [0.05, 0.1) is 0 Å². The van der Waals surface area contributed by atoms with Crippen LogP contribution in [0, 0.1) is 30.1 Å². The van der Waals surface area contributed by atoms with Crippen molar-refractivity contribution in [2.24, 2.45) is 23.2 Å². The summed E-state index contributed by atoms with van der Waals surface area (Å²) in [5, 5.41) is 0. The van der Waals surface area contributed by atoms with Gasteiger partial charge in [-0.25, -0.2) is 0 Å². The monoisotopic (exact) mass is 314 g/mol. The predicted molar refractivity (Wildman–Crippen MR) is 98.8 cm³/mol. The standard InChI is InChI=1S/C20H28.CH2O.CH4/c1-13-4-7-16-15(12-13)6-8-18-17(16)10-11-20(3)14(2)5-9-19(18)20;1-2;/h4,7,12,14,17-19H,5-6,8-11H2,1-3H3;1H2;1H4/t14-,17?,18?,19?,20+;;/m0../s1. The number of hydrogen-bond acceptors (Lipinski definition) is 1. The molecule has 4 rings (SSSR count). The molecule has 2 saturated carbocycles. The molecule has 3 aliphatic carbocycles. The molecule has 0 radical (unpaired) electrons. The highest BCUT2D eigenvalue weighted by molar-refractivity contribution is 5.37. The molecule has 1 aromatic carbocycles. The first-order valence-electron chi connectivity index (χ1n) is 8.98. The van der Waals surface area contributed by atoms with Crippen LogP contribution >= 0.6 is 0 Å². The second kappa shape index (κ2) is 6.79. The SMILES string of the molecule is C.C=O.Cc1ccc2c(c1)CCC1C2CC[C@@]2(C)C1CC[C@@H]2C. The van der Waals surface area contributed by atoms with Gasteiger partial charge in [0.2, 0.25) is 0 Å². The summed E-state index contributed by atoms with van der Waals surface area (Å²) in [6, 6.07) is 7.26. The average Bonchev–Trinajstić information content (AvgIpc) is 2.84. The molecule has 0 aliphatic heterocycles. The summed E-state index contributed by atoms with van der Waals surface area (Å²) >= 11 is 0. The van der Waals surface area contributed by atoms with Crippen molar-refractivity contribution in [1.29, 1.82) is 0 Å². The highest BCUT2D eigenvalue weighted by Gasteiger charge is 2.53. The second-order valence-electron chi connectivity index (χ2n) is 8.14. The fraction of sp³-hybridized carbons (Fsp3) is 0.682. The van der Waals surface area contributed by atoms with Crippen molar-refractivity contribution in [1.82, 2.24) is 0 Å². The van der Waals surface area contributed by atoms with E-state index in [1.807, 2.05) is 6.79 Å². The minimum atomic E-state index is 0. The van der Waals surface area contributed by atoms with Gasteiger partial charge < -0.3 is 4.79 Å². The van der Waals surface area contributed by atoms with E-state index < -0.39 is 0 Å². The van der Waals surface area contributed by atoms with Crippen LogP contribution in [0.25, 0.3) is 0 Å². The van der Waals surface area contributed by atoms with Crippen LogP contribution in [-0.4, -0.2) is 6.79 Å². The Hall–Kier alpha value is -1.11. The fourth-order valence-corrected chi connectivity index (χ4v) is 5.97. The molecule has 2 fully saturated rings. The third-order valence-corrected chi connectivity index (χ3v) is 7.36. The number of carbonyl (C=O) groups excluding carboxylic acids is 1. The predicted octanol–water partition coefficient (Wildman–Crippen LogP) is 5.94. The van der Waals surface area contributed by atoms with E-state index in [1.165, 1.54) is 44.1 Å². The molecule has 0 saturated heterocycles. The van der Waals surface area contributed by atoms with Gasteiger partial charge in [0, 0.05) is 0 Å². The zero-order valence-corrected chi connectivity index (χ0v) is 14.4. The van der Waals surface area contributed by atoms with Crippen molar-refractivity contribution in [2.75, 3.05) is 0 Å². The molecule has 3 unspecified atom stereocenters. The topological polar surface area (TPSA) is 17.1 Å². The van der Waals surface area contributed by atoms with Gasteiger partial charge >= 0.3 is 0 Å². The first kappa shape index (κ1) is 18.2. The second-order valence-corrected chi connectivity index (χ2v) is 8.14. The van der Waals surface area contributed by atoms with Crippen LogP contribution in [0.5, 0.6) is 0 Å². The van der Waals surface area contributed by atoms with Gasteiger partial charge in [-0.1, -0.05) is 45.0 Å². The summed E-state index contributed by atoms with van der Waals surface area (Å²) in [6.07, 6.45) is 8.67. The number of fused-ring (bicyclic) bond motifs is 5. The van der Waals surface area contributed by atoms with Gasteiger partial charge in [0.1, 0.15) is 6.79 Å². The molecule has 0 spiro atoms. The summed E-state index contributed by atoms with van der Waals surface area (Å²) in [5.41, 5.74) is 5.48. The normalized spacial score (nSPS) is 37.3. The van der Waals surface area contributed by atoms with Crippen molar-refractivity contribution in [2.45, 2.75) is 72.6 Å². The Kier molecular flexibility index (Phi) is 5.38. The van der Waals surface area contributed by atoms with Crippen LogP contribution in [0.4, 0.5) is 0 Å². The highest BCUT2D eigenvalue weighted by Crippen LogP contribution is 2.62. The lowest BCUT2D eigenvalue weighted by molar-refractivity contribution is -0.0979. The quantitative estimate of drug-likeness (QED) is 0.579. The van der Waals surface area contributed by atoms with Crippen LogP contribution in [0.3, 0.4) is 0 Å². The average molecular weight is 315 g/mol. The summed E-state index contributed by atoms with van der Waals surface area (Å²) in [5.74, 6) is 3.81. The third kappa shape index (κ3) is 2.77. The summed E-state index contributed by atoms with van der Waals surface area (Å²) in [7, 11) is 0. The molecule has 23 heavy (non-hydrogen) atoms.